The topological polar surface area (TPSA) is 183 Å². The van der Waals surface area contributed by atoms with E-state index in [0.717, 1.165) is 28.9 Å². The molecule has 0 radical (unpaired) electrons. The number of nitrogens with zero attached hydrogens (tertiary/aromatic N) is 3. The molecule has 0 fully saturated rings. The van der Waals surface area contributed by atoms with E-state index in [1.807, 2.05) is 43.4 Å². The Hall–Kier alpha value is -9.06. The summed E-state index contributed by atoms with van der Waals surface area (Å²) in [6, 6.07) is 77.9. The van der Waals surface area contributed by atoms with Crippen LogP contribution in [0.2, 0.25) is 18.1 Å². The maximum Gasteiger partial charge on any atom is 0.335 e. The van der Waals surface area contributed by atoms with Gasteiger partial charge in [0.15, 0.2) is 0 Å². The summed E-state index contributed by atoms with van der Waals surface area (Å²) >= 11 is -0.750. The first-order valence-corrected chi connectivity index (χ1v) is 43.9. The number of terminal acetylenes is 2. The molecule has 0 atom stereocenters. The van der Waals surface area contributed by atoms with Crippen LogP contribution in [0, 0.1) is 31.6 Å². The number of hydrogen-bond acceptors (Lipinski definition) is 14. The number of aryl methyl sites for hydroxylation is 1. The fourth-order valence-corrected chi connectivity index (χ4v) is 17.0. The molecule has 0 aliphatic rings. The first kappa shape index (κ1) is 91.1. The molecule has 0 aromatic heterocycles. The van der Waals surface area contributed by atoms with Gasteiger partial charge in [-0.2, -0.15) is 25.3 Å². The van der Waals surface area contributed by atoms with E-state index in [1.54, 1.807) is 72.7 Å². The zero-order chi connectivity index (χ0) is 77.0. The van der Waals surface area contributed by atoms with Crippen LogP contribution in [0.25, 0.3) is 0 Å². The van der Waals surface area contributed by atoms with E-state index in [0.29, 0.717) is 22.5 Å². The number of sulfone groups is 1. The highest BCUT2D eigenvalue weighted by Crippen LogP contribution is 2.46. The monoisotopic (exact) mass is 1560 g/mol. The summed E-state index contributed by atoms with van der Waals surface area (Å²) in [5.74, 6) is 5.80. The Morgan fingerprint density at radius 3 is 1.21 bits per heavy atom. The minimum atomic E-state index is -4.57. The quantitative estimate of drug-likeness (QED) is 0.0132. The van der Waals surface area contributed by atoms with Crippen molar-refractivity contribution in [2.24, 2.45) is 4.74 Å². The van der Waals surface area contributed by atoms with Gasteiger partial charge in [0.05, 0.1) is 25.7 Å². The molecule has 0 spiro atoms. The lowest BCUT2D eigenvalue weighted by molar-refractivity contribution is -0.0000348. The second-order valence-electron chi connectivity index (χ2n) is 26.9. The highest BCUT2D eigenvalue weighted by molar-refractivity contribution is 7.90. The predicted octanol–water partition coefficient (Wildman–Crippen LogP) is 13.0. The summed E-state index contributed by atoms with van der Waals surface area (Å²) in [4.78, 5) is 3.13. The van der Waals surface area contributed by atoms with Crippen LogP contribution in [0.15, 0.2) is 241 Å². The number of hydrogen-bond donors (Lipinski definition) is 0. The van der Waals surface area contributed by atoms with Crippen LogP contribution in [-0.4, -0.2) is 113 Å². The number of halogens is 4. The van der Waals surface area contributed by atoms with E-state index in [2.05, 4.69) is 220 Å². The van der Waals surface area contributed by atoms with Crippen LogP contribution in [0.5, 0.6) is 17.2 Å². The van der Waals surface area contributed by atoms with Crippen LogP contribution >= 0.6 is 7.05 Å². The molecular weight excluding hydrogens is 1470 g/mol. The molecule has 9 aromatic rings. The molecule has 9 aromatic carbocycles. The van der Waals surface area contributed by atoms with Gasteiger partial charge in [-0.1, -0.05) is 230 Å². The molecule has 0 saturated heterocycles. The number of ether oxygens (including phenoxy) is 1. The SMILES string of the molecule is C#Cc1cccc(N(CCF)CCS(=O)(=O)F)c1.C#Cc1cccc(N(CCS(C)(=O)=O)CCS(=O)(=O)Oc2ccc(C(C)(C)c3ccc(OC)cc3)cc2)c1.CN=P(c1ccccc1)(c1ccccc1)c1ccccc1.Cc1ccc(C(C)(C)c2ccc(O[Si](C)(C)C(C)(C)C)cc2)cc1.F.O=S=O.[F-]. The fourth-order valence-electron chi connectivity index (χ4n) is 10.7. The number of rotatable bonds is 25. The highest BCUT2D eigenvalue weighted by atomic mass is 32.3. The zero-order valence-corrected chi connectivity index (χ0v) is 67.4. The molecule has 24 heteroatoms. The molecule has 0 amide bonds. The van der Waals surface area contributed by atoms with Crippen molar-refractivity contribution < 1.29 is 64.7 Å². The van der Waals surface area contributed by atoms with Crippen molar-refractivity contribution in [3.05, 3.63) is 276 Å². The first-order valence-electron chi connectivity index (χ1n) is 33.4. The third-order valence-electron chi connectivity index (χ3n) is 17.9. The van der Waals surface area contributed by atoms with E-state index in [9.17, 15) is 33.5 Å². The standard InChI is InChI=1S/C29H33NO6S2.C22H32OSi.C19H18NP.C12H13F2NO2S.2FH.O2S/c1-6-23-8-7-9-26(22-23)30(18-20-37(5,31)32)19-21-38(33,34)36-28-16-12-25(13-17-28)29(2,3)24-10-14-27(35-4)15-11-24;1-17-9-11-18(12-10-17)22(5,6)19-13-15-20(16-14-19)23-24(7,8)21(2,3)4;1-20-21(17-11-5-2-6-12-17,18-13-7-3-8-14-18)19-15-9-4-10-16-19;1-2-11-4-3-5-12(10-11)15(7-6-13)8-9-18(14,16)17;;;1-3-2/h1,7-17,22H,18-21H2,2-5H3;9-16H,1-8H3;2-16H,1H3;1,3-5,10H,6-9H2;2*1H;/p-1. The molecule has 568 valence electrons. The lowest BCUT2D eigenvalue weighted by Gasteiger charge is -2.36. The fraction of sp³-hybridized carbons (Fsp3) is 0.293. The van der Waals surface area contributed by atoms with E-state index < -0.39 is 69.5 Å². The van der Waals surface area contributed by atoms with Gasteiger partial charge in [-0.25, -0.2) is 12.8 Å². The van der Waals surface area contributed by atoms with Crippen molar-refractivity contribution >= 4 is 84.4 Å². The molecular formula is C82H97F4N3O11PS4Si-. The van der Waals surface area contributed by atoms with Crippen molar-refractivity contribution in [1.82, 2.24) is 0 Å². The van der Waals surface area contributed by atoms with Crippen molar-refractivity contribution in [2.45, 2.75) is 84.4 Å². The van der Waals surface area contributed by atoms with Crippen LogP contribution in [0.4, 0.5) is 24.4 Å². The van der Waals surface area contributed by atoms with E-state index >= 15 is 0 Å². The van der Waals surface area contributed by atoms with E-state index in [-0.39, 0.29) is 68.7 Å². The average molecular weight is 1560 g/mol. The number of anilines is 2. The number of alkyl halides is 1. The Labute approximate surface area is 631 Å². The van der Waals surface area contributed by atoms with Crippen molar-refractivity contribution in [3.8, 4) is 41.9 Å². The number of methoxy groups -OCH3 is 1. The van der Waals surface area contributed by atoms with Gasteiger partial charge in [0, 0.05) is 88.7 Å². The first-order chi connectivity index (χ1) is 49.0. The Morgan fingerprint density at radius 1 is 0.519 bits per heavy atom. The number of benzene rings is 9. The maximum atomic E-state index is 12.8. The molecule has 9 rings (SSSR count). The van der Waals surface area contributed by atoms with Gasteiger partial charge in [0.2, 0.25) is 8.32 Å². The van der Waals surface area contributed by atoms with Crippen LogP contribution in [0.3, 0.4) is 0 Å². The molecule has 106 heavy (non-hydrogen) atoms. The van der Waals surface area contributed by atoms with Gasteiger partial charge in [0.25, 0.3) is 0 Å². The average Bonchev–Trinajstić information content (AvgIpc) is 0.759. The minimum absolute atomic E-state index is 0. The lowest BCUT2D eigenvalue weighted by Crippen LogP contribution is -3.00. The summed E-state index contributed by atoms with van der Waals surface area (Å²) in [6.07, 6.45) is 11.9. The van der Waals surface area contributed by atoms with E-state index in [4.69, 9.17) is 39.4 Å². The molecule has 0 aliphatic carbocycles. The second kappa shape index (κ2) is 41.7. The van der Waals surface area contributed by atoms with Crippen molar-refractivity contribution in [1.29, 1.82) is 0 Å². The molecule has 0 unspecified atom stereocenters. The third kappa shape index (κ3) is 27.7. The third-order valence-corrected chi connectivity index (χ3v) is 28.7. The highest BCUT2D eigenvalue weighted by Gasteiger charge is 2.39. The summed E-state index contributed by atoms with van der Waals surface area (Å²) in [5, 5.41) is 4.10. The van der Waals surface area contributed by atoms with Crippen LogP contribution < -0.4 is 43.8 Å². The Morgan fingerprint density at radius 2 is 0.868 bits per heavy atom. The van der Waals surface area contributed by atoms with Gasteiger partial charge in [-0.15, -0.1) is 16.7 Å². The van der Waals surface area contributed by atoms with Gasteiger partial charge < -0.3 is 27.9 Å². The molecule has 0 saturated carbocycles. The van der Waals surface area contributed by atoms with Crippen LogP contribution in [-0.2, 0) is 52.6 Å². The minimum Gasteiger partial charge on any atom is -1.00 e. The summed E-state index contributed by atoms with van der Waals surface area (Å²) in [6.45, 7) is 21.6. The molecule has 14 nitrogen and oxygen atoms in total. The summed E-state index contributed by atoms with van der Waals surface area (Å²) in [7, 11) is -11.9. The molecule has 0 heterocycles. The van der Waals surface area contributed by atoms with Gasteiger partial charge >= 0.3 is 31.9 Å². The lowest BCUT2D eigenvalue weighted by atomic mass is 9.78. The summed E-state index contributed by atoms with van der Waals surface area (Å²) < 4.78 is 133. The largest absolute Gasteiger partial charge is 1.00 e. The second-order valence-corrected chi connectivity index (χ2v) is 40.5. The van der Waals surface area contributed by atoms with Gasteiger partial charge in [-0.3, -0.25) is 9.45 Å². The normalized spacial score (nSPS) is 11.4. The molecule has 0 bridgehead atoms. The maximum absolute atomic E-state index is 12.8. The molecule has 0 N–H and O–H groups in total. The van der Waals surface area contributed by atoms with Crippen molar-refractivity contribution in [2.75, 3.05) is 80.3 Å². The predicted molar refractivity (Wildman–Crippen MR) is 432 cm³/mol. The van der Waals surface area contributed by atoms with Gasteiger partial charge in [-0.05, 0) is 120 Å². The zero-order valence-electron chi connectivity index (χ0n) is 62.3. The smallest absolute Gasteiger partial charge is 0.335 e. The van der Waals surface area contributed by atoms with Crippen molar-refractivity contribution in [3.63, 3.8) is 0 Å². The van der Waals surface area contributed by atoms with Gasteiger partial charge in [0.1, 0.15) is 39.5 Å². The Balaban J connectivity index is 0.000000375. The van der Waals surface area contributed by atoms with Crippen LogP contribution in [0.1, 0.15) is 87.4 Å². The Bertz CT molecular complexity index is 4630. The van der Waals surface area contributed by atoms with E-state index in [1.165, 1.54) is 37.5 Å². The molecule has 0 aliphatic heterocycles. The Kier molecular flexibility index (Phi) is 35.9. The summed E-state index contributed by atoms with van der Waals surface area (Å²) in [5.41, 5.74) is 8.13.